The van der Waals surface area contributed by atoms with E-state index in [1.807, 2.05) is 48.5 Å². The first-order chi connectivity index (χ1) is 12.3. The van der Waals surface area contributed by atoms with Crippen molar-refractivity contribution in [2.45, 2.75) is 0 Å². The molecule has 25 heavy (non-hydrogen) atoms. The quantitative estimate of drug-likeness (QED) is 0.579. The Labute approximate surface area is 144 Å². The minimum Gasteiger partial charge on any atom is -0.283 e. The maximum atomic E-state index is 13.0. The van der Waals surface area contributed by atoms with Gasteiger partial charge in [-0.05, 0) is 36.4 Å². The van der Waals surface area contributed by atoms with Crippen molar-refractivity contribution in [1.29, 1.82) is 0 Å². The van der Waals surface area contributed by atoms with Crippen LogP contribution in [0.1, 0.15) is 0 Å². The average Bonchev–Trinajstić information content (AvgIpc) is 2.70. The number of aromatic nitrogens is 4. The molecule has 5 heteroatoms. The second-order valence-corrected chi connectivity index (χ2v) is 5.44. The van der Waals surface area contributed by atoms with Gasteiger partial charge in [0.15, 0.2) is 5.82 Å². The summed E-state index contributed by atoms with van der Waals surface area (Å²) in [5.41, 5.74) is 2.66. The molecule has 0 fully saturated rings. The van der Waals surface area contributed by atoms with Crippen molar-refractivity contribution in [2.24, 2.45) is 0 Å². The first-order valence-electron chi connectivity index (χ1n) is 7.84. The van der Waals surface area contributed by atoms with Crippen molar-refractivity contribution in [3.05, 3.63) is 95.8 Å². The Morgan fingerprint density at radius 2 is 1.48 bits per heavy atom. The molecule has 0 unspecified atom stereocenters. The Hall–Kier alpha value is -3.60. The van der Waals surface area contributed by atoms with E-state index in [9.17, 15) is 4.79 Å². The normalized spacial score (nSPS) is 10.6. The summed E-state index contributed by atoms with van der Waals surface area (Å²) in [6.07, 6.45) is 6.78. The van der Waals surface area contributed by atoms with Crippen LogP contribution in [0.2, 0.25) is 0 Å². The molecular formula is C20H14N4O. The number of para-hydroxylation sites is 1. The molecule has 0 spiro atoms. The minimum absolute atomic E-state index is 0.169. The molecule has 0 aliphatic rings. The van der Waals surface area contributed by atoms with Crippen LogP contribution in [0.3, 0.4) is 0 Å². The van der Waals surface area contributed by atoms with Crippen LogP contribution in [0.4, 0.5) is 0 Å². The summed E-state index contributed by atoms with van der Waals surface area (Å²) in [5.74, 6) is 0.398. The van der Waals surface area contributed by atoms with Crippen LogP contribution in [-0.4, -0.2) is 19.5 Å². The lowest BCUT2D eigenvalue weighted by molar-refractivity contribution is 0.985. The van der Waals surface area contributed by atoms with E-state index in [-0.39, 0.29) is 5.56 Å². The molecule has 0 saturated carbocycles. The lowest BCUT2D eigenvalue weighted by Crippen LogP contribution is -2.20. The van der Waals surface area contributed by atoms with E-state index in [0.717, 1.165) is 16.9 Å². The monoisotopic (exact) mass is 326 g/mol. The molecule has 120 valence electrons. The molecule has 0 N–H and O–H groups in total. The van der Waals surface area contributed by atoms with E-state index < -0.39 is 0 Å². The van der Waals surface area contributed by atoms with Crippen LogP contribution in [0, 0.1) is 0 Å². The Bertz CT molecular complexity index is 982. The summed E-state index contributed by atoms with van der Waals surface area (Å²) in [4.78, 5) is 25.9. The zero-order valence-electron chi connectivity index (χ0n) is 13.3. The van der Waals surface area contributed by atoms with Gasteiger partial charge in [0.05, 0.1) is 11.3 Å². The molecule has 3 aromatic heterocycles. The SMILES string of the molecule is O=c1c(-c2ncccn2)cc(-c2ccccn2)cn1-c1ccccc1. The fourth-order valence-electron chi connectivity index (χ4n) is 2.63. The van der Waals surface area contributed by atoms with Gasteiger partial charge in [-0.3, -0.25) is 14.3 Å². The highest BCUT2D eigenvalue weighted by Crippen LogP contribution is 2.21. The number of nitrogens with zero attached hydrogens (tertiary/aromatic N) is 4. The average molecular weight is 326 g/mol. The maximum Gasteiger partial charge on any atom is 0.266 e. The Balaban J connectivity index is 2.00. The van der Waals surface area contributed by atoms with E-state index in [4.69, 9.17) is 0 Å². The largest absolute Gasteiger partial charge is 0.283 e. The lowest BCUT2D eigenvalue weighted by atomic mass is 10.1. The summed E-state index contributed by atoms with van der Waals surface area (Å²) in [6, 6.07) is 18.7. The Morgan fingerprint density at radius 3 is 2.20 bits per heavy atom. The smallest absolute Gasteiger partial charge is 0.266 e. The van der Waals surface area contributed by atoms with Crippen LogP contribution in [0.25, 0.3) is 28.3 Å². The highest BCUT2D eigenvalue weighted by atomic mass is 16.1. The zero-order valence-corrected chi connectivity index (χ0v) is 13.3. The number of hydrogen-bond donors (Lipinski definition) is 0. The summed E-state index contributed by atoms with van der Waals surface area (Å²) in [6.45, 7) is 0. The first-order valence-corrected chi connectivity index (χ1v) is 7.84. The predicted octanol–water partition coefficient (Wildman–Crippen LogP) is 3.36. The molecule has 0 aliphatic carbocycles. The van der Waals surface area contributed by atoms with Gasteiger partial charge in [0, 0.05) is 36.0 Å². The van der Waals surface area contributed by atoms with E-state index >= 15 is 0 Å². The number of hydrogen-bond acceptors (Lipinski definition) is 4. The van der Waals surface area contributed by atoms with Crippen LogP contribution in [0.5, 0.6) is 0 Å². The molecule has 4 aromatic rings. The number of rotatable bonds is 3. The topological polar surface area (TPSA) is 60.7 Å². The fraction of sp³-hybridized carbons (Fsp3) is 0. The fourth-order valence-corrected chi connectivity index (χ4v) is 2.63. The van der Waals surface area contributed by atoms with Gasteiger partial charge in [0.25, 0.3) is 5.56 Å². The Morgan fingerprint density at radius 1 is 0.760 bits per heavy atom. The van der Waals surface area contributed by atoms with Crippen LogP contribution in [0.15, 0.2) is 90.2 Å². The maximum absolute atomic E-state index is 13.0. The molecule has 0 bridgehead atoms. The highest BCUT2D eigenvalue weighted by molar-refractivity contribution is 5.67. The Kier molecular flexibility index (Phi) is 3.88. The van der Waals surface area contributed by atoms with Crippen molar-refractivity contribution >= 4 is 0 Å². The van der Waals surface area contributed by atoms with Gasteiger partial charge < -0.3 is 0 Å². The van der Waals surface area contributed by atoms with Crippen molar-refractivity contribution in [3.63, 3.8) is 0 Å². The molecule has 0 saturated heterocycles. The van der Waals surface area contributed by atoms with Crippen molar-refractivity contribution < 1.29 is 0 Å². The zero-order chi connectivity index (χ0) is 17.1. The van der Waals surface area contributed by atoms with E-state index in [0.29, 0.717) is 11.4 Å². The van der Waals surface area contributed by atoms with Crippen LogP contribution < -0.4 is 5.56 Å². The summed E-state index contributed by atoms with van der Waals surface area (Å²) < 4.78 is 1.61. The van der Waals surface area contributed by atoms with E-state index in [2.05, 4.69) is 15.0 Å². The third kappa shape index (κ3) is 2.95. The second kappa shape index (κ2) is 6.49. The van der Waals surface area contributed by atoms with Gasteiger partial charge in [0.1, 0.15) is 0 Å². The van der Waals surface area contributed by atoms with Crippen molar-refractivity contribution in [1.82, 2.24) is 19.5 Å². The van der Waals surface area contributed by atoms with Crippen LogP contribution in [-0.2, 0) is 0 Å². The predicted molar refractivity (Wildman–Crippen MR) is 96.3 cm³/mol. The summed E-state index contributed by atoms with van der Waals surface area (Å²) in [5, 5.41) is 0. The molecule has 1 aromatic carbocycles. The summed E-state index contributed by atoms with van der Waals surface area (Å²) >= 11 is 0. The third-order valence-corrected chi connectivity index (χ3v) is 3.82. The van der Waals surface area contributed by atoms with E-state index in [1.165, 1.54) is 0 Å². The van der Waals surface area contributed by atoms with Gasteiger partial charge in [-0.1, -0.05) is 24.3 Å². The molecule has 0 aliphatic heterocycles. The third-order valence-electron chi connectivity index (χ3n) is 3.82. The molecular weight excluding hydrogens is 312 g/mol. The lowest BCUT2D eigenvalue weighted by Gasteiger charge is -2.11. The van der Waals surface area contributed by atoms with Crippen molar-refractivity contribution in [3.8, 4) is 28.3 Å². The van der Waals surface area contributed by atoms with Crippen molar-refractivity contribution in [2.75, 3.05) is 0 Å². The standard InChI is InChI=1S/C20H14N4O/c25-20-17(19-22-11-6-12-23-19)13-15(18-9-4-5-10-21-18)14-24(20)16-7-2-1-3-8-16/h1-14H. The minimum atomic E-state index is -0.169. The first kappa shape index (κ1) is 15.0. The van der Waals surface area contributed by atoms with E-state index in [1.54, 1.807) is 41.5 Å². The molecule has 0 atom stereocenters. The molecule has 3 heterocycles. The second-order valence-electron chi connectivity index (χ2n) is 5.44. The van der Waals surface area contributed by atoms with Gasteiger partial charge in [0.2, 0.25) is 0 Å². The summed E-state index contributed by atoms with van der Waals surface area (Å²) in [7, 11) is 0. The molecule has 0 amide bonds. The van der Waals surface area contributed by atoms with Gasteiger partial charge in [-0.15, -0.1) is 0 Å². The molecule has 4 rings (SSSR count). The molecule has 0 radical (unpaired) electrons. The van der Waals surface area contributed by atoms with Gasteiger partial charge in [-0.25, -0.2) is 9.97 Å². The number of benzene rings is 1. The highest BCUT2D eigenvalue weighted by Gasteiger charge is 2.13. The van der Waals surface area contributed by atoms with Gasteiger partial charge >= 0.3 is 0 Å². The number of pyridine rings is 2. The van der Waals surface area contributed by atoms with Crippen LogP contribution >= 0.6 is 0 Å². The van der Waals surface area contributed by atoms with Gasteiger partial charge in [-0.2, -0.15) is 0 Å². The molecule has 5 nitrogen and oxygen atoms in total.